The highest BCUT2D eigenvalue weighted by atomic mass is 16.5. The van der Waals surface area contributed by atoms with Crippen LogP contribution < -0.4 is 14.4 Å². The molecule has 1 saturated carbocycles. The number of pyridine rings is 1. The normalized spacial score (nSPS) is 14.9. The minimum atomic E-state index is 0.367. The van der Waals surface area contributed by atoms with Crippen LogP contribution in [0.3, 0.4) is 0 Å². The number of hydrogen-bond acceptors (Lipinski definition) is 4. The van der Waals surface area contributed by atoms with Crippen LogP contribution in [0.5, 0.6) is 11.5 Å². The Bertz CT molecular complexity index is 348. The van der Waals surface area contributed by atoms with Gasteiger partial charge < -0.3 is 14.4 Å². The van der Waals surface area contributed by atoms with Crippen molar-refractivity contribution in [3.8, 4) is 11.5 Å². The summed E-state index contributed by atoms with van der Waals surface area (Å²) in [6, 6.07) is 1.89. The molecule has 15 heavy (non-hydrogen) atoms. The molecule has 0 aromatic carbocycles. The lowest BCUT2D eigenvalue weighted by Crippen LogP contribution is -2.11. The van der Waals surface area contributed by atoms with Gasteiger partial charge in [-0.05, 0) is 12.8 Å². The first-order valence-corrected chi connectivity index (χ1v) is 5.08. The van der Waals surface area contributed by atoms with Crippen molar-refractivity contribution in [2.24, 2.45) is 0 Å². The molecule has 1 heterocycles. The summed E-state index contributed by atoms with van der Waals surface area (Å²) in [6.07, 6.45) is 4.37. The van der Waals surface area contributed by atoms with E-state index in [0.717, 1.165) is 30.2 Å². The molecule has 0 aliphatic heterocycles. The molecular weight excluding hydrogens is 192 g/mol. The first kappa shape index (κ1) is 10.1. The Labute approximate surface area is 89.8 Å². The Balaban J connectivity index is 2.21. The van der Waals surface area contributed by atoms with Crippen molar-refractivity contribution in [2.75, 3.05) is 26.1 Å². The number of rotatable bonds is 4. The first-order valence-electron chi connectivity index (χ1n) is 5.08. The van der Waals surface area contributed by atoms with Crippen LogP contribution >= 0.6 is 0 Å². The summed E-state index contributed by atoms with van der Waals surface area (Å²) in [5.41, 5.74) is 0. The van der Waals surface area contributed by atoms with Gasteiger partial charge in [-0.25, -0.2) is 4.98 Å². The molecule has 1 aromatic rings. The summed E-state index contributed by atoms with van der Waals surface area (Å²) >= 11 is 0. The predicted octanol–water partition coefficient (Wildman–Crippen LogP) is 1.70. The van der Waals surface area contributed by atoms with Gasteiger partial charge >= 0.3 is 0 Å². The third-order valence-electron chi connectivity index (χ3n) is 2.31. The SMILES string of the molecule is COc1cc(N(C)C)ncc1OC1CC1. The minimum Gasteiger partial charge on any atom is -0.493 e. The third kappa shape index (κ3) is 2.32. The number of methoxy groups -OCH3 is 1. The number of aromatic nitrogens is 1. The zero-order valence-corrected chi connectivity index (χ0v) is 9.36. The van der Waals surface area contributed by atoms with Gasteiger partial charge in [-0.2, -0.15) is 0 Å². The molecule has 0 spiro atoms. The predicted molar refractivity (Wildman–Crippen MR) is 58.8 cm³/mol. The van der Waals surface area contributed by atoms with Crippen LogP contribution in [0.2, 0.25) is 0 Å². The van der Waals surface area contributed by atoms with Crippen molar-refractivity contribution < 1.29 is 9.47 Å². The van der Waals surface area contributed by atoms with E-state index in [1.165, 1.54) is 0 Å². The largest absolute Gasteiger partial charge is 0.493 e. The zero-order chi connectivity index (χ0) is 10.8. The highest BCUT2D eigenvalue weighted by Gasteiger charge is 2.25. The van der Waals surface area contributed by atoms with Crippen molar-refractivity contribution in [2.45, 2.75) is 18.9 Å². The van der Waals surface area contributed by atoms with E-state index in [4.69, 9.17) is 9.47 Å². The Morgan fingerprint density at radius 3 is 2.60 bits per heavy atom. The van der Waals surface area contributed by atoms with E-state index >= 15 is 0 Å². The molecule has 0 bridgehead atoms. The number of ether oxygens (including phenoxy) is 2. The lowest BCUT2D eigenvalue weighted by atomic mass is 10.4. The fraction of sp³-hybridized carbons (Fsp3) is 0.545. The molecule has 82 valence electrons. The number of nitrogens with zero attached hydrogens (tertiary/aromatic N) is 2. The van der Waals surface area contributed by atoms with Gasteiger partial charge in [-0.15, -0.1) is 0 Å². The standard InChI is InChI=1S/C11H16N2O2/c1-13(2)11-6-9(14-3)10(7-12-11)15-8-4-5-8/h6-8H,4-5H2,1-3H3. The van der Waals surface area contributed by atoms with Crippen LogP contribution in [-0.2, 0) is 0 Å². The molecule has 0 radical (unpaired) electrons. The lowest BCUT2D eigenvalue weighted by molar-refractivity contribution is 0.281. The van der Waals surface area contributed by atoms with Gasteiger partial charge in [0.25, 0.3) is 0 Å². The second-order valence-electron chi connectivity index (χ2n) is 3.90. The summed E-state index contributed by atoms with van der Waals surface area (Å²) in [5.74, 6) is 2.36. The fourth-order valence-electron chi connectivity index (χ4n) is 1.27. The van der Waals surface area contributed by atoms with Crippen LogP contribution in [0.15, 0.2) is 12.3 Å². The average molecular weight is 208 g/mol. The fourth-order valence-corrected chi connectivity index (χ4v) is 1.27. The first-order chi connectivity index (χ1) is 7.20. The third-order valence-corrected chi connectivity index (χ3v) is 2.31. The quantitative estimate of drug-likeness (QED) is 0.754. The average Bonchev–Trinajstić information content (AvgIpc) is 3.02. The van der Waals surface area contributed by atoms with Gasteiger partial charge in [0.05, 0.1) is 19.4 Å². The topological polar surface area (TPSA) is 34.6 Å². The van der Waals surface area contributed by atoms with E-state index < -0.39 is 0 Å². The van der Waals surface area contributed by atoms with Gasteiger partial charge in [-0.1, -0.05) is 0 Å². The van der Waals surface area contributed by atoms with Crippen molar-refractivity contribution in [1.82, 2.24) is 4.98 Å². The van der Waals surface area contributed by atoms with Crippen LogP contribution in [0.4, 0.5) is 5.82 Å². The second kappa shape index (κ2) is 3.96. The Kier molecular flexibility index (Phi) is 2.66. The monoisotopic (exact) mass is 208 g/mol. The van der Waals surface area contributed by atoms with Crippen molar-refractivity contribution >= 4 is 5.82 Å². The van der Waals surface area contributed by atoms with Crippen LogP contribution in [0.25, 0.3) is 0 Å². The van der Waals surface area contributed by atoms with E-state index in [9.17, 15) is 0 Å². The molecule has 2 rings (SSSR count). The lowest BCUT2D eigenvalue weighted by Gasteiger charge is -2.14. The summed E-state index contributed by atoms with van der Waals surface area (Å²) in [6.45, 7) is 0. The zero-order valence-electron chi connectivity index (χ0n) is 9.36. The summed E-state index contributed by atoms with van der Waals surface area (Å²) in [5, 5.41) is 0. The Morgan fingerprint density at radius 1 is 1.33 bits per heavy atom. The van der Waals surface area contributed by atoms with E-state index in [1.54, 1.807) is 13.3 Å². The van der Waals surface area contributed by atoms with Crippen LogP contribution in [0.1, 0.15) is 12.8 Å². The maximum absolute atomic E-state index is 5.68. The maximum atomic E-state index is 5.68. The Morgan fingerprint density at radius 2 is 2.07 bits per heavy atom. The van der Waals surface area contributed by atoms with Crippen molar-refractivity contribution in [1.29, 1.82) is 0 Å². The maximum Gasteiger partial charge on any atom is 0.179 e. The minimum absolute atomic E-state index is 0.367. The second-order valence-corrected chi connectivity index (χ2v) is 3.90. The van der Waals surface area contributed by atoms with Gasteiger partial charge in [0.15, 0.2) is 11.5 Å². The van der Waals surface area contributed by atoms with E-state index in [2.05, 4.69) is 4.98 Å². The molecule has 0 atom stereocenters. The summed E-state index contributed by atoms with van der Waals surface area (Å²) < 4.78 is 10.9. The van der Waals surface area contributed by atoms with Crippen LogP contribution in [-0.4, -0.2) is 32.3 Å². The molecule has 0 unspecified atom stereocenters. The molecule has 4 heteroatoms. The highest BCUT2D eigenvalue weighted by molar-refractivity contribution is 5.49. The van der Waals surface area contributed by atoms with E-state index in [0.29, 0.717) is 6.10 Å². The Hall–Kier alpha value is -1.45. The molecule has 0 saturated heterocycles. The molecular formula is C11H16N2O2. The smallest absolute Gasteiger partial charge is 0.179 e. The summed E-state index contributed by atoms with van der Waals surface area (Å²) in [4.78, 5) is 6.22. The number of hydrogen-bond donors (Lipinski definition) is 0. The van der Waals surface area contributed by atoms with E-state index in [-0.39, 0.29) is 0 Å². The highest BCUT2D eigenvalue weighted by Crippen LogP contribution is 2.34. The molecule has 0 N–H and O–H groups in total. The van der Waals surface area contributed by atoms with Crippen LogP contribution in [0, 0.1) is 0 Å². The van der Waals surface area contributed by atoms with Crippen molar-refractivity contribution in [3.05, 3.63) is 12.3 Å². The molecule has 1 aromatic heterocycles. The number of anilines is 1. The molecule has 4 nitrogen and oxygen atoms in total. The van der Waals surface area contributed by atoms with Gasteiger partial charge in [0.2, 0.25) is 0 Å². The molecule has 1 aliphatic rings. The molecule has 1 aliphatic carbocycles. The van der Waals surface area contributed by atoms with Crippen molar-refractivity contribution in [3.63, 3.8) is 0 Å². The summed E-state index contributed by atoms with van der Waals surface area (Å²) in [7, 11) is 5.54. The van der Waals surface area contributed by atoms with Gasteiger partial charge in [0.1, 0.15) is 5.82 Å². The molecule has 0 amide bonds. The molecule has 1 fully saturated rings. The van der Waals surface area contributed by atoms with Gasteiger partial charge in [-0.3, -0.25) is 0 Å². The van der Waals surface area contributed by atoms with Gasteiger partial charge in [0, 0.05) is 20.2 Å². The van der Waals surface area contributed by atoms with E-state index in [1.807, 2.05) is 25.1 Å².